The van der Waals surface area contributed by atoms with Crippen molar-refractivity contribution >= 4 is 40.8 Å². The lowest BCUT2D eigenvalue weighted by atomic mass is 10.1. The molecule has 6 nitrogen and oxygen atoms in total. The van der Waals surface area contributed by atoms with E-state index in [4.69, 9.17) is 15.5 Å². The molecule has 0 atom stereocenters. The maximum absolute atomic E-state index is 6.16. The summed E-state index contributed by atoms with van der Waals surface area (Å²) in [6, 6.07) is 31.3. The van der Waals surface area contributed by atoms with E-state index in [1.807, 2.05) is 18.2 Å². The van der Waals surface area contributed by atoms with E-state index in [0.29, 0.717) is 11.9 Å². The van der Waals surface area contributed by atoms with Crippen molar-refractivity contribution in [3.8, 4) is 0 Å². The molecule has 3 aromatic carbocycles. The Bertz CT molecular complexity index is 1150. The lowest BCUT2D eigenvalue weighted by Gasteiger charge is -2.28. The third-order valence-corrected chi connectivity index (χ3v) is 9.51. The van der Waals surface area contributed by atoms with Crippen molar-refractivity contribution in [2.24, 2.45) is 4.74 Å². The largest absolute Gasteiger partial charge is 0.368 e. The number of hydrogen-bond acceptors (Lipinski definition) is 6. The third-order valence-electron chi connectivity index (χ3n) is 5.90. The highest BCUT2D eigenvalue weighted by Gasteiger charge is 2.28. The first-order valence-corrected chi connectivity index (χ1v) is 13.1. The topological polar surface area (TPSA) is 80.3 Å². The smallest absolute Gasteiger partial charge is 0.255 e. The Morgan fingerprint density at radius 1 is 0.636 bits per heavy atom. The Kier molecular flexibility index (Phi) is 6.18. The molecule has 1 aliphatic heterocycles. The zero-order chi connectivity index (χ0) is 22.5. The standard InChI is InChI=1S/C26H27N6P/c27-24-28-25(30-26(29-24)32-19-11-4-12-20-32)31-33(21-13-5-1-6-14-21,22-15-7-2-8-16-22)23-17-9-3-10-18-23/h1-3,5-10,13-18H,4,11-12,19-20H2,(H2,27,28,29,30). The number of hydrogen-bond donors (Lipinski definition) is 1. The van der Waals surface area contributed by atoms with Gasteiger partial charge < -0.3 is 10.6 Å². The zero-order valence-corrected chi connectivity index (χ0v) is 19.4. The molecule has 1 saturated heterocycles. The number of nitrogens with zero attached hydrogens (tertiary/aromatic N) is 5. The van der Waals surface area contributed by atoms with E-state index >= 15 is 0 Å². The van der Waals surface area contributed by atoms with Crippen LogP contribution in [0.3, 0.4) is 0 Å². The van der Waals surface area contributed by atoms with Crippen LogP contribution in [0.1, 0.15) is 19.3 Å². The number of anilines is 2. The van der Waals surface area contributed by atoms with Crippen LogP contribution in [-0.2, 0) is 0 Å². The van der Waals surface area contributed by atoms with Gasteiger partial charge in [-0.2, -0.15) is 15.0 Å². The summed E-state index contributed by atoms with van der Waals surface area (Å²) in [4.78, 5) is 15.9. The van der Waals surface area contributed by atoms with E-state index in [1.165, 1.54) is 6.42 Å². The molecule has 5 rings (SSSR count). The fourth-order valence-corrected chi connectivity index (χ4v) is 7.74. The molecule has 1 aromatic heterocycles. The summed E-state index contributed by atoms with van der Waals surface area (Å²) in [5.41, 5.74) is 6.16. The Morgan fingerprint density at radius 2 is 1.12 bits per heavy atom. The predicted molar refractivity (Wildman–Crippen MR) is 138 cm³/mol. The first kappa shape index (κ1) is 21.4. The molecule has 1 fully saturated rings. The summed E-state index contributed by atoms with van der Waals surface area (Å²) in [5, 5.41) is 3.42. The van der Waals surface area contributed by atoms with Gasteiger partial charge in [0, 0.05) is 29.0 Å². The van der Waals surface area contributed by atoms with Crippen LogP contribution in [0.25, 0.3) is 0 Å². The summed E-state index contributed by atoms with van der Waals surface area (Å²) >= 11 is 0. The number of nitrogens with two attached hydrogens (primary N) is 1. The van der Waals surface area contributed by atoms with Gasteiger partial charge in [-0.1, -0.05) is 91.0 Å². The van der Waals surface area contributed by atoms with Crippen LogP contribution in [0, 0.1) is 0 Å². The second-order valence-corrected chi connectivity index (χ2v) is 11.1. The van der Waals surface area contributed by atoms with Crippen LogP contribution in [0.15, 0.2) is 95.7 Å². The van der Waals surface area contributed by atoms with Crippen molar-refractivity contribution < 1.29 is 0 Å². The lowest BCUT2D eigenvalue weighted by Crippen LogP contribution is -2.31. The van der Waals surface area contributed by atoms with Crippen LogP contribution < -0.4 is 26.5 Å². The van der Waals surface area contributed by atoms with Gasteiger partial charge in [0.1, 0.15) is 0 Å². The van der Waals surface area contributed by atoms with E-state index < -0.39 is 7.05 Å². The summed E-state index contributed by atoms with van der Waals surface area (Å²) < 4.78 is 5.36. The first-order valence-electron chi connectivity index (χ1n) is 11.3. The molecule has 33 heavy (non-hydrogen) atoms. The van der Waals surface area contributed by atoms with Gasteiger partial charge in [-0.3, -0.25) is 0 Å². The molecule has 0 unspecified atom stereocenters. The highest BCUT2D eigenvalue weighted by molar-refractivity contribution is 7.87. The Morgan fingerprint density at radius 3 is 1.61 bits per heavy atom. The summed E-state index contributed by atoms with van der Waals surface area (Å²) in [6.07, 6.45) is 3.50. The van der Waals surface area contributed by atoms with Crippen molar-refractivity contribution in [3.05, 3.63) is 91.0 Å². The van der Waals surface area contributed by atoms with Crippen LogP contribution >= 0.6 is 7.05 Å². The number of nitrogen functional groups attached to an aromatic ring is 1. The molecule has 0 radical (unpaired) electrons. The molecular formula is C26H27N6P. The number of rotatable bonds is 5. The Labute approximate surface area is 194 Å². The fourth-order valence-electron chi connectivity index (χ4n) is 4.34. The normalized spacial score (nSPS) is 14.1. The Hall–Kier alpha value is -3.50. The highest BCUT2D eigenvalue weighted by Crippen LogP contribution is 2.48. The average Bonchev–Trinajstić information content (AvgIpc) is 2.89. The molecule has 1 aliphatic rings. The molecular weight excluding hydrogens is 427 g/mol. The maximum atomic E-state index is 6.16. The maximum Gasteiger partial charge on any atom is 0.255 e. The van der Waals surface area contributed by atoms with Crippen LogP contribution in [0.2, 0.25) is 0 Å². The van der Waals surface area contributed by atoms with Crippen molar-refractivity contribution in [2.75, 3.05) is 23.7 Å². The molecule has 0 spiro atoms. The number of aromatic nitrogens is 3. The minimum atomic E-state index is -2.46. The molecule has 4 aromatic rings. The van der Waals surface area contributed by atoms with Crippen LogP contribution in [0.4, 0.5) is 17.8 Å². The first-order chi connectivity index (χ1) is 16.3. The van der Waals surface area contributed by atoms with Crippen LogP contribution in [0.5, 0.6) is 0 Å². The fraction of sp³-hybridized carbons (Fsp3) is 0.192. The van der Waals surface area contributed by atoms with E-state index in [2.05, 4.69) is 87.7 Å². The molecule has 2 heterocycles. The molecule has 0 aliphatic carbocycles. The van der Waals surface area contributed by atoms with Gasteiger partial charge in [0.15, 0.2) is 0 Å². The number of benzene rings is 3. The summed E-state index contributed by atoms with van der Waals surface area (Å²) in [6.45, 7) is 1.86. The quantitative estimate of drug-likeness (QED) is 0.456. The molecule has 2 N–H and O–H groups in total. The minimum absolute atomic E-state index is 0.205. The van der Waals surface area contributed by atoms with Crippen molar-refractivity contribution in [1.82, 2.24) is 15.0 Å². The predicted octanol–water partition coefficient (Wildman–Crippen LogP) is 4.25. The van der Waals surface area contributed by atoms with Crippen LogP contribution in [-0.4, -0.2) is 28.0 Å². The highest BCUT2D eigenvalue weighted by atomic mass is 31.2. The third kappa shape index (κ3) is 4.39. The van der Waals surface area contributed by atoms with Gasteiger partial charge in [0.2, 0.25) is 11.9 Å². The van der Waals surface area contributed by atoms with Gasteiger partial charge in [-0.05, 0) is 19.3 Å². The van der Waals surface area contributed by atoms with Gasteiger partial charge in [-0.15, -0.1) is 0 Å². The number of piperidine rings is 1. The second-order valence-electron chi connectivity index (χ2n) is 8.08. The molecule has 0 saturated carbocycles. The zero-order valence-electron chi connectivity index (χ0n) is 18.5. The van der Waals surface area contributed by atoms with Crippen molar-refractivity contribution in [1.29, 1.82) is 0 Å². The SMILES string of the molecule is Nc1nc(N=P(c2ccccc2)(c2ccccc2)c2ccccc2)nc(N2CCCCC2)n1. The van der Waals surface area contributed by atoms with Gasteiger partial charge in [0.25, 0.3) is 5.95 Å². The molecule has 166 valence electrons. The van der Waals surface area contributed by atoms with Gasteiger partial charge in [0.05, 0.1) is 7.05 Å². The van der Waals surface area contributed by atoms with E-state index in [9.17, 15) is 0 Å². The summed E-state index contributed by atoms with van der Waals surface area (Å²) in [7, 11) is -2.46. The van der Waals surface area contributed by atoms with Crippen molar-refractivity contribution in [3.63, 3.8) is 0 Å². The average molecular weight is 455 g/mol. The second kappa shape index (κ2) is 9.55. The van der Waals surface area contributed by atoms with Gasteiger partial charge >= 0.3 is 0 Å². The molecule has 0 amide bonds. The summed E-state index contributed by atoms with van der Waals surface area (Å²) in [5.74, 6) is 1.21. The van der Waals surface area contributed by atoms with Crippen molar-refractivity contribution in [2.45, 2.75) is 19.3 Å². The molecule has 0 bridgehead atoms. The van der Waals surface area contributed by atoms with E-state index in [-0.39, 0.29) is 5.95 Å². The minimum Gasteiger partial charge on any atom is -0.368 e. The Balaban J connectivity index is 1.79. The lowest BCUT2D eigenvalue weighted by molar-refractivity contribution is 0.568. The monoisotopic (exact) mass is 454 g/mol. The van der Waals surface area contributed by atoms with E-state index in [0.717, 1.165) is 41.8 Å². The van der Waals surface area contributed by atoms with E-state index in [1.54, 1.807) is 0 Å². The molecule has 7 heteroatoms. The van der Waals surface area contributed by atoms with Gasteiger partial charge in [-0.25, -0.2) is 4.74 Å².